The van der Waals surface area contributed by atoms with Crippen molar-refractivity contribution in [2.75, 3.05) is 5.32 Å². The van der Waals surface area contributed by atoms with Gasteiger partial charge >= 0.3 is 0 Å². The van der Waals surface area contributed by atoms with Crippen LogP contribution in [-0.4, -0.2) is 14.5 Å². The van der Waals surface area contributed by atoms with Crippen LogP contribution in [-0.2, 0) is 13.5 Å². The summed E-state index contributed by atoms with van der Waals surface area (Å²) in [4.78, 5) is 8.85. The largest absolute Gasteiger partial charge is 0.375 e. The molecule has 4 heteroatoms. The number of benzene rings is 1. The molecule has 2 aromatic heterocycles. The maximum atomic E-state index is 4.72. The number of imidazole rings is 1. The Morgan fingerprint density at radius 3 is 3.00 bits per heavy atom. The van der Waals surface area contributed by atoms with Crippen molar-refractivity contribution in [2.24, 2.45) is 7.05 Å². The summed E-state index contributed by atoms with van der Waals surface area (Å²) in [7, 11) is 2.06. The molecule has 0 bridgehead atoms. The first-order chi connectivity index (χ1) is 9.33. The van der Waals surface area contributed by atoms with Gasteiger partial charge in [0.15, 0.2) is 0 Å². The fourth-order valence-electron chi connectivity index (χ4n) is 2.84. The van der Waals surface area contributed by atoms with Crippen LogP contribution in [0, 0.1) is 0 Å². The fourth-order valence-corrected chi connectivity index (χ4v) is 2.84. The zero-order valence-corrected chi connectivity index (χ0v) is 10.7. The number of fused-ring (bicyclic) bond motifs is 2. The molecule has 4 nitrogen and oxygen atoms in total. The van der Waals surface area contributed by atoms with E-state index in [1.165, 1.54) is 11.3 Å². The summed E-state index contributed by atoms with van der Waals surface area (Å²) >= 11 is 0. The van der Waals surface area contributed by atoms with Crippen LogP contribution in [0.25, 0.3) is 11.0 Å². The third-order valence-electron chi connectivity index (χ3n) is 3.80. The van der Waals surface area contributed by atoms with Gasteiger partial charge in [0.1, 0.15) is 11.3 Å². The lowest BCUT2D eigenvalue weighted by Gasteiger charge is -2.11. The molecule has 1 aromatic carbocycles. The van der Waals surface area contributed by atoms with Gasteiger partial charge in [-0.15, -0.1) is 0 Å². The third-order valence-corrected chi connectivity index (χ3v) is 3.80. The number of hydrogen-bond acceptors (Lipinski definition) is 3. The second kappa shape index (κ2) is 3.82. The lowest BCUT2D eigenvalue weighted by atomic mass is 10.1. The van der Waals surface area contributed by atoms with E-state index in [0.29, 0.717) is 0 Å². The predicted octanol–water partition coefficient (Wildman–Crippen LogP) is 2.68. The molecule has 0 saturated carbocycles. The van der Waals surface area contributed by atoms with Crippen molar-refractivity contribution >= 4 is 16.7 Å². The molecule has 1 unspecified atom stereocenters. The summed E-state index contributed by atoms with van der Waals surface area (Å²) in [5.74, 6) is 1.07. The van der Waals surface area contributed by atoms with Gasteiger partial charge in [0, 0.05) is 25.4 Å². The van der Waals surface area contributed by atoms with Gasteiger partial charge < -0.3 is 9.88 Å². The summed E-state index contributed by atoms with van der Waals surface area (Å²) in [5, 5.41) is 3.55. The van der Waals surface area contributed by atoms with Crippen LogP contribution in [0.15, 0.2) is 42.7 Å². The number of aromatic nitrogens is 3. The molecule has 1 aliphatic heterocycles. The van der Waals surface area contributed by atoms with Crippen LogP contribution in [0.3, 0.4) is 0 Å². The Hall–Kier alpha value is -2.36. The van der Waals surface area contributed by atoms with E-state index < -0.39 is 0 Å². The van der Waals surface area contributed by atoms with Crippen molar-refractivity contribution < 1.29 is 0 Å². The van der Waals surface area contributed by atoms with E-state index in [4.69, 9.17) is 4.98 Å². The molecular formula is C15H14N4. The number of rotatable bonds is 1. The molecule has 0 spiro atoms. The summed E-state index contributed by atoms with van der Waals surface area (Å²) in [6.45, 7) is 0. The summed E-state index contributed by atoms with van der Waals surface area (Å²) in [6, 6.07) is 10.7. The molecule has 94 valence electrons. The van der Waals surface area contributed by atoms with E-state index in [1.807, 2.05) is 18.5 Å². The molecule has 3 aromatic rings. The summed E-state index contributed by atoms with van der Waals surface area (Å²) in [5.41, 5.74) is 4.66. The lowest BCUT2D eigenvalue weighted by molar-refractivity contribution is 0.704. The molecular weight excluding hydrogens is 236 g/mol. The van der Waals surface area contributed by atoms with Crippen LogP contribution in [0.4, 0.5) is 5.69 Å². The van der Waals surface area contributed by atoms with Gasteiger partial charge in [-0.25, -0.2) is 4.98 Å². The predicted molar refractivity (Wildman–Crippen MR) is 75.0 cm³/mol. The Morgan fingerprint density at radius 2 is 2.16 bits per heavy atom. The summed E-state index contributed by atoms with van der Waals surface area (Å²) < 4.78 is 2.15. The van der Waals surface area contributed by atoms with Gasteiger partial charge in [0.05, 0.1) is 17.8 Å². The number of pyridine rings is 1. The number of nitrogens with one attached hydrogen (secondary N) is 1. The highest BCUT2D eigenvalue weighted by molar-refractivity contribution is 5.75. The van der Waals surface area contributed by atoms with E-state index in [2.05, 4.69) is 46.2 Å². The van der Waals surface area contributed by atoms with Gasteiger partial charge in [0.25, 0.3) is 0 Å². The number of anilines is 1. The van der Waals surface area contributed by atoms with Gasteiger partial charge in [-0.05, 0) is 17.7 Å². The Kier molecular flexibility index (Phi) is 2.12. The lowest BCUT2D eigenvalue weighted by Crippen LogP contribution is -2.11. The van der Waals surface area contributed by atoms with E-state index in [0.717, 1.165) is 23.3 Å². The van der Waals surface area contributed by atoms with Crippen molar-refractivity contribution in [3.8, 4) is 0 Å². The molecule has 0 amide bonds. The van der Waals surface area contributed by atoms with E-state index in [1.54, 1.807) is 0 Å². The highest BCUT2D eigenvalue weighted by atomic mass is 15.1. The van der Waals surface area contributed by atoms with Crippen LogP contribution in [0.2, 0.25) is 0 Å². The maximum absolute atomic E-state index is 4.72. The quantitative estimate of drug-likeness (QED) is 0.722. The number of aryl methyl sites for hydroxylation is 1. The van der Waals surface area contributed by atoms with E-state index >= 15 is 0 Å². The minimum Gasteiger partial charge on any atom is -0.375 e. The minimum absolute atomic E-state index is 0.245. The molecule has 1 aliphatic rings. The number of hydrogen-bond donors (Lipinski definition) is 1. The Bertz CT molecular complexity index is 735. The molecule has 4 rings (SSSR count). The van der Waals surface area contributed by atoms with Crippen LogP contribution in [0.1, 0.15) is 17.4 Å². The van der Waals surface area contributed by atoms with Gasteiger partial charge in [0.2, 0.25) is 0 Å². The van der Waals surface area contributed by atoms with Gasteiger partial charge in [-0.3, -0.25) is 4.98 Å². The van der Waals surface area contributed by atoms with Crippen LogP contribution >= 0.6 is 0 Å². The third kappa shape index (κ3) is 1.53. The molecule has 0 aliphatic carbocycles. The van der Waals surface area contributed by atoms with Crippen molar-refractivity contribution in [3.05, 3.63) is 54.1 Å². The SMILES string of the molecule is Cn1c(C2Cc3ccccc3N2)nc2cnccc21. The number of nitrogens with zero attached hydrogens (tertiary/aromatic N) is 3. The topological polar surface area (TPSA) is 42.7 Å². The Balaban J connectivity index is 1.79. The first-order valence-corrected chi connectivity index (χ1v) is 6.44. The minimum atomic E-state index is 0.245. The zero-order chi connectivity index (χ0) is 12.8. The van der Waals surface area contributed by atoms with Gasteiger partial charge in [-0.2, -0.15) is 0 Å². The smallest absolute Gasteiger partial charge is 0.132 e. The first-order valence-electron chi connectivity index (χ1n) is 6.44. The van der Waals surface area contributed by atoms with Crippen LogP contribution in [0.5, 0.6) is 0 Å². The van der Waals surface area contributed by atoms with Crippen molar-refractivity contribution in [1.82, 2.24) is 14.5 Å². The normalized spacial score (nSPS) is 17.4. The average Bonchev–Trinajstić information content (AvgIpc) is 3.00. The molecule has 1 atom stereocenters. The molecule has 0 fully saturated rings. The molecule has 0 saturated heterocycles. The molecule has 1 N–H and O–H groups in total. The molecule has 0 radical (unpaired) electrons. The molecule has 19 heavy (non-hydrogen) atoms. The zero-order valence-electron chi connectivity index (χ0n) is 10.7. The van der Waals surface area contributed by atoms with Gasteiger partial charge in [-0.1, -0.05) is 18.2 Å². The summed E-state index contributed by atoms with van der Waals surface area (Å²) in [6.07, 6.45) is 4.62. The van der Waals surface area contributed by atoms with E-state index in [-0.39, 0.29) is 6.04 Å². The van der Waals surface area contributed by atoms with Crippen molar-refractivity contribution in [1.29, 1.82) is 0 Å². The fraction of sp³-hybridized carbons (Fsp3) is 0.200. The number of para-hydroxylation sites is 1. The first kappa shape index (κ1) is 10.6. The van der Waals surface area contributed by atoms with Crippen molar-refractivity contribution in [2.45, 2.75) is 12.5 Å². The van der Waals surface area contributed by atoms with Crippen LogP contribution < -0.4 is 5.32 Å². The maximum Gasteiger partial charge on any atom is 0.132 e. The van der Waals surface area contributed by atoms with E-state index in [9.17, 15) is 0 Å². The second-order valence-corrected chi connectivity index (χ2v) is 4.95. The molecule has 3 heterocycles. The average molecular weight is 250 g/mol. The standard InChI is InChI=1S/C15H14N4/c1-19-14-6-7-16-9-13(14)18-15(19)12-8-10-4-2-3-5-11(10)17-12/h2-7,9,12,17H,8H2,1H3. The van der Waals surface area contributed by atoms with Crippen molar-refractivity contribution in [3.63, 3.8) is 0 Å². The second-order valence-electron chi connectivity index (χ2n) is 4.95. The monoisotopic (exact) mass is 250 g/mol. The Morgan fingerprint density at radius 1 is 1.26 bits per heavy atom. The highest BCUT2D eigenvalue weighted by Crippen LogP contribution is 2.34. The Labute approximate surface area is 111 Å². The highest BCUT2D eigenvalue weighted by Gasteiger charge is 2.25.